The normalized spacial score (nSPS) is 26.8. The minimum atomic E-state index is -0.0927. The lowest BCUT2D eigenvalue weighted by atomic mass is 10.1. The molecule has 0 radical (unpaired) electrons. The van der Waals surface area contributed by atoms with Crippen molar-refractivity contribution in [3.05, 3.63) is 18.0 Å². The molecule has 3 atom stereocenters. The Morgan fingerprint density at radius 1 is 1.55 bits per heavy atom. The minimum Gasteiger partial charge on any atom is -0.376 e. The number of carbonyl (C=O) groups is 1. The fraction of sp³-hybridized carbons (Fsp3) is 0.750. The summed E-state index contributed by atoms with van der Waals surface area (Å²) < 4.78 is 7.62. The molecule has 6 nitrogen and oxygen atoms in total. The van der Waals surface area contributed by atoms with Crippen LogP contribution in [-0.2, 0) is 4.74 Å². The van der Waals surface area contributed by atoms with Gasteiger partial charge in [-0.3, -0.25) is 9.48 Å². The molecule has 0 aromatic carbocycles. The molecule has 0 spiro atoms. The molecule has 22 heavy (non-hydrogen) atoms. The Labute approximate surface area is 131 Å². The lowest BCUT2D eigenvalue weighted by Crippen LogP contribution is -2.42. The Morgan fingerprint density at radius 3 is 3.14 bits per heavy atom. The first-order chi connectivity index (χ1) is 10.8. The van der Waals surface area contributed by atoms with Gasteiger partial charge in [-0.15, -0.1) is 0 Å². The highest BCUT2D eigenvalue weighted by atomic mass is 16.5. The van der Waals surface area contributed by atoms with Crippen molar-refractivity contribution >= 4 is 5.91 Å². The molecule has 2 aliphatic rings. The van der Waals surface area contributed by atoms with Crippen molar-refractivity contribution in [3.8, 4) is 0 Å². The van der Waals surface area contributed by atoms with Crippen LogP contribution < -0.4 is 10.6 Å². The van der Waals surface area contributed by atoms with E-state index in [9.17, 15) is 4.79 Å². The molecule has 2 fully saturated rings. The van der Waals surface area contributed by atoms with Crippen molar-refractivity contribution in [2.24, 2.45) is 0 Å². The first kappa shape index (κ1) is 15.5. The van der Waals surface area contributed by atoms with Gasteiger partial charge in [0.1, 0.15) is 5.69 Å². The standard InChI is InChI=1S/C16H26N4O2/c1-2-13(15-6-4-10-22-15)18-16(21)14-7-9-20(19-14)12-5-3-8-17-11-12/h7,9,12-13,15,17H,2-6,8,10-11H2,1H3,(H,18,21). The second kappa shape index (κ2) is 7.24. The summed E-state index contributed by atoms with van der Waals surface area (Å²) in [7, 11) is 0. The topological polar surface area (TPSA) is 68.2 Å². The fourth-order valence-electron chi connectivity index (χ4n) is 3.34. The molecule has 0 saturated carbocycles. The summed E-state index contributed by atoms with van der Waals surface area (Å²) in [5.74, 6) is -0.0927. The third-order valence-corrected chi connectivity index (χ3v) is 4.66. The molecule has 2 saturated heterocycles. The summed E-state index contributed by atoms with van der Waals surface area (Å²) >= 11 is 0. The largest absolute Gasteiger partial charge is 0.376 e. The van der Waals surface area contributed by atoms with E-state index >= 15 is 0 Å². The number of nitrogens with zero attached hydrogens (tertiary/aromatic N) is 2. The van der Waals surface area contributed by atoms with Gasteiger partial charge in [0, 0.05) is 19.3 Å². The number of hydrogen-bond acceptors (Lipinski definition) is 4. The molecule has 122 valence electrons. The molecule has 1 aromatic heterocycles. The lowest BCUT2D eigenvalue weighted by molar-refractivity contribution is 0.0662. The number of hydrogen-bond donors (Lipinski definition) is 2. The Kier molecular flexibility index (Phi) is 5.10. The van der Waals surface area contributed by atoms with Gasteiger partial charge in [0.25, 0.3) is 5.91 Å². The van der Waals surface area contributed by atoms with Crippen LogP contribution in [0.3, 0.4) is 0 Å². The molecular formula is C16H26N4O2. The Bertz CT molecular complexity index is 490. The number of piperidine rings is 1. The van der Waals surface area contributed by atoms with E-state index in [0.717, 1.165) is 51.8 Å². The van der Waals surface area contributed by atoms with Gasteiger partial charge < -0.3 is 15.4 Å². The van der Waals surface area contributed by atoms with Crippen molar-refractivity contribution in [3.63, 3.8) is 0 Å². The van der Waals surface area contributed by atoms with Crippen LogP contribution in [0.2, 0.25) is 0 Å². The predicted octanol–water partition coefficient (Wildman–Crippen LogP) is 1.49. The van der Waals surface area contributed by atoms with Gasteiger partial charge in [0.05, 0.1) is 18.2 Å². The number of ether oxygens (including phenoxy) is 1. The van der Waals surface area contributed by atoms with Gasteiger partial charge in [-0.1, -0.05) is 6.92 Å². The molecule has 0 bridgehead atoms. The molecule has 1 aromatic rings. The highest BCUT2D eigenvalue weighted by Crippen LogP contribution is 2.19. The maximum absolute atomic E-state index is 12.4. The van der Waals surface area contributed by atoms with Gasteiger partial charge in [-0.2, -0.15) is 5.10 Å². The van der Waals surface area contributed by atoms with Crippen LogP contribution in [-0.4, -0.2) is 47.5 Å². The summed E-state index contributed by atoms with van der Waals surface area (Å²) in [4.78, 5) is 12.4. The van der Waals surface area contributed by atoms with E-state index in [0.29, 0.717) is 11.7 Å². The smallest absolute Gasteiger partial charge is 0.272 e. The maximum Gasteiger partial charge on any atom is 0.272 e. The van der Waals surface area contributed by atoms with Gasteiger partial charge in [0.15, 0.2) is 0 Å². The summed E-state index contributed by atoms with van der Waals surface area (Å²) in [5, 5.41) is 10.9. The molecular weight excluding hydrogens is 280 g/mol. The van der Waals surface area contributed by atoms with E-state index in [2.05, 4.69) is 22.7 Å². The molecule has 2 aliphatic heterocycles. The van der Waals surface area contributed by atoms with E-state index in [-0.39, 0.29) is 18.1 Å². The van der Waals surface area contributed by atoms with E-state index in [1.54, 1.807) is 0 Å². The summed E-state index contributed by atoms with van der Waals surface area (Å²) in [6, 6.07) is 2.25. The van der Waals surface area contributed by atoms with Crippen LogP contribution in [0.25, 0.3) is 0 Å². The summed E-state index contributed by atoms with van der Waals surface area (Å²) in [5.41, 5.74) is 0.502. The van der Waals surface area contributed by atoms with Crippen LogP contribution in [0.15, 0.2) is 12.3 Å². The van der Waals surface area contributed by atoms with E-state index in [4.69, 9.17) is 4.74 Å². The quantitative estimate of drug-likeness (QED) is 0.865. The van der Waals surface area contributed by atoms with Crippen molar-refractivity contribution in [1.82, 2.24) is 20.4 Å². The number of aromatic nitrogens is 2. The Hall–Kier alpha value is -1.40. The molecule has 6 heteroatoms. The second-order valence-electron chi connectivity index (χ2n) is 6.22. The first-order valence-corrected chi connectivity index (χ1v) is 8.46. The molecule has 3 rings (SSSR count). The number of rotatable bonds is 5. The minimum absolute atomic E-state index is 0.0801. The van der Waals surface area contributed by atoms with Gasteiger partial charge >= 0.3 is 0 Å². The van der Waals surface area contributed by atoms with E-state index in [1.165, 1.54) is 0 Å². The molecule has 1 amide bonds. The van der Waals surface area contributed by atoms with Gasteiger partial charge in [0.2, 0.25) is 0 Å². The maximum atomic E-state index is 12.4. The molecule has 2 N–H and O–H groups in total. The van der Waals surface area contributed by atoms with Crippen molar-refractivity contribution < 1.29 is 9.53 Å². The summed E-state index contributed by atoms with van der Waals surface area (Å²) in [6.07, 6.45) is 7.33. The SMILES string of the molecule is CCC(NC(=O)c1ccn(C2CCCNC2)n1)C1CCCO1. The van der Waals surface area contributed by atoms with Crippen LogP contribution in [0, 0.1) is 0 Å². The molecule has 3 heterocycles. The number of carbonyl (C=O) groups excluding carboxylic acids is 1. The van der Waals surface area contributed by atoms with Crippen molar-refractivity contribution in [1.29, 1.82) is 0 Å². The number of amides is 1. The zero-order valence-electron chi connectivity index (χ0n) is 13.3. The van der Waals surface area contributed by atoms with E-state index in [1.807, 2.05) is 16.9 Å². The predicted molar refractivity (Wildman–Crippen MR) is 83.9 cm³/mol. The molecule has 3 unspecified atom stereocenters. The third kappa shape index (κ3) is 3.50. The van der Waals surface area contributed by atoms with Crippen molar-refractivity contribution in [2.45, 2.75) is 57.2 Å². The molecule has 0 aliphatic carbocycles. The van der Waals surface area contributed by atoms with Crippen LogP contribution >= 0.6 is 0 Å². The van der Waals surface area contributed by atoms with Crippen LogP contribution in [0.4, 0.5) is 0 Å². The van der Waals surface area contributed by atoms with Gasteiger partial charge in [-0.05, 0) is 44.7 Å². The Morgan fingerprint density at radius 2 is 2.45 bits per heavy atom. The zero-order valence-corrected chi connectivity index (χ0v) is 13.3. The van der Waals surface area contributed by atoms with Crippen LogP contribution in [0.1, 0.15) is 55.6 Å². The van der Waals surface area contributed by atoms with Crippen molar-refractivity contribution in [2.75, 3.05) is 19.7 Å². The first-order valence-electron chi connectivity index (χ1n) is 8.46. The monoisotopic (exact) mass is 306 g/mol. The average molecular weight is 306 g/mol. The number of nitrogens with one attached hydrogen (secondary N) is 2. The fourth-order valence-corrected chi connectivity index (χ4v) is 3.34. The second-order valence-corrected chi connectivity index (χ2v) is 6.22. The zero-order chi connectivity index (χ0) is 15.4. The lowest BCUT2D eigenvalue weighted by Gasteiger charge is -2.23. The van der Waals surface area contributed by atoms with E-state index < -0.39 is 0 Å². The van der Waals surface area contributed by atoms with Gasteiger partial charge in [-0.25, -0.2) is 0 Å². The Balaban J connectivity index is 1.60. The average Bonchev–Trinajstić information content (AvgIpc) is 3.24. The summed E-state index contributed by atoms with van der Waals surface area (Å²) in [6.45, 7) is 4.89. The van der Waals surface area contributed by atoms with Crippen LogP contribution in [0.5, 0.6) is 0 Å². The highest BCUT2D eigenvalue weighted by molar-refractivity contribution is 5.92. The highest BCUT2D eigenvalue weighted by Gasteiger charge is 2.27. The third-order valence-electron chi connectivity index (χ3n) is 4.66.